The van der Waals surface area contributed by atoms with E-state index in [-0.39, 0.29) is 0 Å². The van der Waals surface area contributed by atoms with Crippen LogP contribution in [0.1, 0.15) is 43.8 Å². The van der Waals surface area contributed by atoms with Crippen molar-refractivity contribution in [3.8, 4) is 0 Å². The Morgan fingerprint density at radius 1 is 1.37 bits per heavy atom. The largest absolute Gasteiger partial charge is 0.368 e. The number of halogens is 1. The van der Waals surface area contributed by atoms with Crippen LogP contribution in [0.15, 0.2) is 10.7 Å². The second kappa shape index (κ2) is 5.02. The molecule has 1 aromatic rings. The molecule has 2 aliphatic rings. The van der Waals surface area contributed by atoms with Gasteiger partial charge in [-0.1, -0.05) is 0 Å². The van der Waals surface area contributed by atoms with E-state index in [0.29, 0.717) is 11.5 Å². The van der Waals surface area contributed by atoms with Crippen LogP contribution in [0, 0.1) is 0 Å². The summed E-state index contributed by atoms with van der Waals surface area (Å²) in [6, 6.07) is 1.98. The lowest BCUT2D eigenvalue weighted by Crippen LogP contribution is -2.54. The molecule has 104 valence electrons. The first kappa shape index (κ1) is 13.3. The summed E-state index contributed by atoms with van der Waals surface area (Å²) in [5, 5.41) is 3.51. The molecule has 0 atom stereocenters. The number of nitrogens with one attached hydrogen (secondary N) is 1. The first-order valence-corrected chi connectivity index (χ1v) is 7.84. The zero-order valence-electron chi connectivity index (χ0n) is 11.6. The fraction of sp³-hybridized carbons (Fsp3) is 0.714. The van der Waals surface area contributed by atoms with Crippen molar-refractivity contribution in [1.29, 1.82) is 0 Å². The fourth-order valence-electron chi connectivity index (χ4n) is 2.67. The third-order valence-corrected chi connectivity index (χ3v) is 4.89. The van der Waals surface area contributed by atoms with Crippen LogP contribution in [-0.2, 0) is 0 Å². The maximum Gasteiger partial charge on any atom is 0.135 e. The molecule has 0 amide bonds. The molecule has 1 N–H and O–H groups in total. The molecule has 5 heteroatoms. The lowest BCUT2D eigenvalue weighted by atomic mass is 9.75. The van der Waals surface area contributed by atoms with E-state index in [1.165, 1.54) is 32.1 Å². The number of likely N-dealkylation sites (N-methyl/N-ethyl adjacent to an activating group) is 1. The van der Waals surface area contributed by atoms with E-state index in [2.05, 4.69) is 50.2 Å². The van der Waals surface area contributed by atoms with E-state index in [1.807, 2.05) is 6.07 Å². The molecule has 2 aliphatic carbocycles. The van der Waals surface area contributed by atoms with Crippen LogP contribution in [-0.4, -0.2) is 41.0 Å². The highest BCUT2D eigenvalue weighted by Gasteiger charge is 2.38. The lowest BCUT2D eigenvalue weighted by molar-refractivity contribution is 0.0738. The summed E-state index contributed by atoms with van der Waals surface area (Å²) >= 11 is 3.49. The number of anilines is 1. The quantitative estimate of drug-likeness (QED) is 0.845. The molecule has 3 rings (SSSR count). The second-order valence-corrected chi connectivity index (χ2v) is 6.85. The van der Waals surface area contributed by atoms with Gasteiger partial charge in [0.25, 0.3) is 0 Å². The molecular formula is C14H21BrN4. The van der Waals surface area contributed by atoms with Gasteiger partial charge in [-0.15, -0.1) is 0 Å². The van der Waals surface area contributed by atoms with Crippen molar-refractivity contribution in [3.05, 3.63) is 16.5 Å². The Hall–Kier alpha value is -0.680. The Morgan fingerprint density at radius 3 is 2.63 bits per heavy atom. The molecule has 0 radical (unpaired) electrons. The van der Waals surface area contributed by atoms with E-state index in [4.69, 9.17) is 0 Å². The standard InChI is InChI=1S/C14H21BrN4/c1-19(2)14(6-3-7-14)9-16-12-8-11(15)17-13(18-12)10-4-5-10/h8,10H,3-7,9H2,1-2H3,(H,16,17,18). The fourth-order valence-corrected chi connectivity index (χ4v) is 3.07. The molecule has 1 aromatic heterocycles. The van der Waals surface area contributed by atoms with Crippen LogP contribution in [0.3, 0.4) is 0 Å². The van der Waals surface area contributed by atoms with Crippen LogP contribution < -0.4 is 5.32 Å². The van der Waals surface area contributed by atoms with E-state index in [1.54, 1.807) is 0 Å². The maximum absolute atomic E-state index is 4.65. The molecule has 1 heterocycles. The van der Waals surface area contributed by atoms with Crippen LogP contribution >= 0.6 is 15.9 Å². The highest BCUT2D eigenvalue weighted by atomic mass is 79.9. The summed E-state index contributed by atoms with van der Waals surface area (Å²) in [7, 11) is 4.35. The van der Waals surface area contributed by atoms with Gasteiger partial charge < -0.3 is 10.2 Å². The third-order valence-electron chi connectivity index (χ3n) is 4.49. The smallest absolute Gasteiger partial charge is 0.135 e. The monoisotopic (exact) mass is 324 g/mol. The SMILES string of the molecule is CN(C)C1(CNc2cc(Br)nc(C3CC3)n2)CCC1. The Morgan fingerprint density at radius 2 is 2.11 bits per heavy atom. The zero-order chi connectivity index (χ0) is 13.5. The van der Waals surface area contributed by atoms with Crippen LogP contribution in [0.2, 0.25) is 0 Å². The first-order chi connectivity index (χ1) is 9.09. The summed E-state index contributed by atoms with van der Waals surface area (Å²) in [6.45, 7) is 0.966. The van der Waals surface area contributed by atoms with E-state index < -0.39 is 0 Å². The normalized spacial score (nSPS) is 21.3. The van der Waals surface area contributed by atoms with E-state index in [0.717, 1.165) is 22.8 Å². The number of rotatable bonds is 5. The predicted octanol–water partition coefficient (Wildman–Crippen LogP) is 3.01. The van der Waals surface area contributed by atoms with Crippen LogP contribution in [0.5, 0.6) is 0 Å². The average Bonchev–Trinajstić information content (AvgIpc) is 3.09. The van der Waals surface area contributed by atoms with Gasteiger partial charge in [-0.3, -0.25) is 0 Å². The first-order valence-electron chi connectivity index (χ1n) is 7.05. The Bertz CT molecular complexity index is 467. The highest BCUT2D eigenvalue weighted by Crippen LogP contribution is 2.39. The summed E-state index contributed by atoms with van der Waals surface area (Å²) < 4.78 is 0.888. The number of nitrogens with zero attached hydrogens (tertiary/aromatic N) is 3. The summed E-state index contributed by atoms with van der Waals surface area (Å²) in [5.41, 5.74) is 0.317. The molecule has 0 spiro atoms. The second-order valence-electron chi connectivity index (χ2n) is 6.03. The zero-order valence-corrected chi connectivity index (χ0v) is 13.2. The number of hydrogen-bond acceptors (Lipinski definition) is 4. The van der Waals surface area contributed by atoms with Gasteiger partial charge in [0.05, 0.1) is 0 Å². The molecule has 0 aliphatic heterocycles. The average molecular weight is 325 g/mol. The lowest BCUT2D eigenvalue weighted by Gasteiger charge is -2.47. The summed E-state index contributed by atoms with van der Waals surface area (Å²) in [5.74, 6) is 2.53. The highest BCUT2D eigenvalue weighted by molar-refractivity contribution is 9.10. The van der Waals surface area contributed by atoms with Crippen molar-refractivity contribution < 1.29 is 0 Å². The third kappa shape index (κ3) is 2.77. The van der Waals surface area contributed by atoms with Crippen molar-refractivity contribution in [2.75, 3.05) is 26.0 Å². The van der Waals surface area contributed by atoms with Crippen molar-refractivity contribution in [3.63, 3.8) is 0 Å². The molecule has 0 aromatic carbocycles. The Kier molecular flexibility index (Phi) is 3.52. The van der Waals surface area contributed by atoms with Crippen molar-refractivity contribution in [2.45, 2.75) is 43.6 Å². The molecular weight excluding hydrogens is 304 g/mol. The van der Waals surface area contributed by atoms with Gasteiger partial charge in [0, 0.05) is 24.1 Å². The van der Waals surface area contributed by atoms with Gasteiger partial charge >= 0.3 is 0 Å². The minimum Gasteiger partial charge on any atom is -0.368 e. The molecule has 0 unspecified atom stereocenters. The van der Waals surface area contributed by atoms with Gasteiger partial charge in [-0.2, -0.15) is 0 Å². The topological polar surface area (TPSA) is 41.0 Å². The maximum atomic E-state index is 4.65. The van der Waals surface area contributed by atoms with Gasteiger partial charge in [-0.25, -0.2) is 9.97 Å². The summed E-state index contributed by atoms with van der Waals surface area (Å²) in [4.78, 5) is 11.5. The minimum absolute atomic E-state index is 0.317. The summed E-state index contributed by atoms with van der Waals surface area (Å²) in [6.07, 6.45) is 6.35. The van der Waals surface area contributed by atoms with E-state index in [9.17, 15) is 0 Å². The Balaban J connectivity index is 1.69. The van der Waals surface area contributed by atoms with Crippen LogP contribution in [0.25, 0.3) is 0 Å². The minimum atomic E-state index is 0.317. The van der Waals surface area contributed by atoms with Gasteiger partial charge in [0.15, 0.2) is 0 Å². The van der Waals surface area contributed by atoms with E-state index >= 15 is 0 Å². The number of hydrogen-bond donors (Lipinski definition) is 1. The van der Waals surface area contributed by atoms with Crippen molar-refractivity contribution in [2.24, 2.45) is 0 Å². The van der Waals surface area contributed by atoms with Gasteiger partial charge in [0.2, 0.25) is 0 Å². The predicted molar refractivity (Wildman–Crippen MR) is 80.5 cm³/mol. The molecule has 0 saturated heterocycles. The Labute approximate surface area is 123 Å². The molecule has 2 saturated carbocycles. The van der Waals surface area contributed by atoms with Gasteiger partial charge in [0.1, 0.15) is 16.2 Å². The van der Waals surface area contributed by atoms with Crippen LogP contribution in [0.4, 0.5) is 5.82 Å². The molecule has 4 nitrogen and oxygen atoms in total. The molecule has 2 fully saturated rings. The number of aromatic nitrogens is 2. The molecule has 0 bridgehead atoms. The van der Waals surface area contributed by atoms with Crippen molar-refractivity contribution >= 4 is 21.7 Å². The van der Waals surface area contributed by atoms with Gasteiger partial charge in [-0.05, 0) is 62.1 Å². The molecule has 19 heavy (non-hydrogen) atoms. The van der Waals surface area contributed by atoms with Crippen molar-refractivity contribution in [1.82, 2.24) is 14.9 Å².